The summed E-state index contributed by atoms with van der Waals surface area (Å²) in [7, 11) is -2.33. The average molecular weight is 368 g/mol. The van der Waals surface area contributed by atoms with E-state index in [9.17, 15) is 17.6 Å². The molecule has 0 saturated carbocycles. The van der Waals surface area contributed by atoms with E-state index in [1.807, 2.05) is 0 Å². The van der Waals surface area contributed by atoms with Crippen LogP contribution in [0, 0.1) is 5.82 Å². The maximum absolute atomic E-state index is 14.1. The van der Waals surface area contributed by atoms with Gasteiger partial charge in [-0.3, -0.25) is 9.48 Å². The van der Waals surface area contributed by atoms with Crippen molar-refractivity contribution < 1.29 is 22.3 Å². The van der Waals surface area contributed by atoms with E-state index in [0.717, 1.165) is 12.1 Å². The molecule has 1 aromatic heterocycles. The van der Waals surface area contributed by atoms with Crippen LogP contribution in [0.1, 0.15) is 10.4 Å². The van der Waals surface area contributed by atoms with E-state index in [1.165, 1.54) is 27.4 Å². The number of sulfonamides is 1. The number of aromatic nitrogens is 2. The molecule has 1 fully saturated rings. The molecule has 8 nitrogen and oxygen atoms in total. The zero-order chi connectivity index (χ0) is 18.0. The molecule has 1 aromatic carbocycles. The van der Waals surface area contributed by atoms with Gasteiger partial charge in [0.2, 0.25) is 10.0 Å². The van der Waals surface area contributed by atoms with Crippen molar-refractivity contribution in [1.82, 2.24) is 14.1 Å². The lowest BCUT2D eigenvalue weighted by Gasteiger charge is -2.26. The molecule has 1 saturated heterocycles. The number of benzene rings is 1. The molecule has 0 aliphatic carbocycles. The fourth-order valence-electron chi connectivity index (χ4n) is 2.45. The zero-order valence-corrected chi connectivity index (χ0v) is 14.3. The summed E-state index contributed by atoms with van der Waals surface area (Å²) in [4.78, 5) is 11.7. The normalized spacial score (nSPS) is 15.9. The molecular formula is C15H17FN4O4S. The summed E-state index contributed by atoms with van der Waals surface area (Å²) in [5.74, 6) is -1.33. The molecule has 1 amide bonds. The predicted molar refractivity (Wildman–Crippen MR) is 87.1 cm³/mol. The Morgan fingerprint density at radius 2 is 2.04 bits per heavy atom. The second kappa shape index (κ2) is 6.90. The van der Waals surface area contributed by atoms with E-state index in [2.05, 4.69) is 10.4 Å². The fraction of sp³-hybridized carbons (Fsp3) is 0.333. The smallest absolute Gasteiger partial charge is 0.258 e. The number of amides is 1. The largest absolute Gasteiger partial charge is 0.379 e. The summed E-state index contributed by atoms with van der Waals surface area (Å²) in [5.41, 5.74) is 0.492. The lowest BCUT2D eigenvalue weighted by molar-refractivity contribution is 0.0729. The Bertz CT molecular complexity index is 891. The second-order valence-electron chi connectivity index (χ2n) is 5.52. The van der Waals surface area contributed by atoms with Gasteiger partial charge in [0.05, 0.1) is 25.0 Å². The predicted octanol–water partition coefficient (Wildman–Crippen LogP) is 0.832. The van der Waals surface area contributed by atoms with Crippen molar-refractivity contribution in [2.24, 2.45) is 7.05 Å². The minimum absolute atomic E-state index is 0.161. The highest BCUT2D eigenvalue weighted by Crippen LogP contribution is 2.24. The van der Waals surface area contributed by atoms with Crippen molar-refractivity contribution in [3.05, 3.63) is 42.0 Å². The van der Waals surface area contributed by atoms with Crippen molar-refractivity contribution >= 4 is 21.6 Å². The van der Waals surface area contributed by atoms with Crippen molar-refractivity contribution in [3.63, 3.8) is 0 Å². The number of aryl methyl sites for hydroxylation is 1. The molecule has 0 unspecified atom stereocenters. The molecule has 25 heavy (non-hydrogen) atoms. The zero-order valence-electron chi connectivity index (χ0n) is 13.5. The minimum Gasteiger partial charge on any atom is -0.379 e. The standard InChI is InChI=1S/C15H17FN4O4S/c1-19-10-11(9-17-19)15(21)18-12-2-3-13(16)14(8-12)25(22,23)20-4-6-24-7-5-20/h2-3,8-10H,4-7H2,1H3,(H,18,21). The van der Waals surface area contributed by atoms with E-state index in [-0.39, 0.29) is 32.0 Å². The number of carbonyl (C=O) groups is 1. The van der Waals surface area contributed by atoms with Crippen LogP contribution in [-0.4, -0.2) is 54.7 Å². The molecule has 0 atom stereocenters. The topological polar surface area (TPSA) is 93.5 Å². The van der Waals surface area contributed by atoms with Gasteiger partial charge >= 0.3 is 0 Å². The summed E-state index contributed by atoms with van der Waals surface area (Å²) >= 11 is 0. The van der Waals surface area contributed by atoms with Gasteiger partial charge in [-0.2, -0.15) is 9.40 Å². The molecule has 0 radical (unpaired) electrons. The average Bonchev–Trinajstić information content (AvgIpc) is 3.04. The minimum atomic E-state index is -4.00. The fourth-order valence-corrected chi connectivity index (χ4v) is 3.94. The number of ether oxygens (including phenoxy) is 1. The molecule has 134 valence electrons. The van der Waals surface area contributed by atoms with Gasteiger partial charge in [-0.25, -0.2) is 12.8 Å². The van der Waals surface area contributed by atoms with Crippen molar-refractivity contribution in [1.29, 1.82) is 0 Å². The molecule has 2 heterocycles. The van der Waals surface area contributed by atoms with Gasteiger partial charge < -0.3 is 10.1 Å². The molecule has 3 rings (SSSR count). The summed E-state index contributed by atoms with van der Waals surface area (Å²) in [6.45, 7) is 0.846. The van der Waals surface area contributed by atoms with Crippen LogP contribution in [0.4, 0.5) is 10.1 Å². The molecule has 0 bridgehead atoms. The third kappa shape index (κ3) is 3.70. The van der Waals surface area contributed by atoms with Crippen LogP contribution >= 0.6 is 0 Å². The molecule has 10 heteroatoms. The highest BCUT2D eigenvalue weighted by atomic mass is 32.2. The van der Waals surface area contributed by atoms with Gasteiger partial charge in [0.1, 0.15) is 10.7 Å². The highest BCUT2D eigenvalue weighted by molar-refractivity contribution is 7.89. The van der Waals surface area contributed by atoms with Gasteiger partial charge in [0.25, 0.3) is 5.91 Å². The number of halogens is 1. The highest BCUT2D eigenvalue weighted by Gasteiger charge is 2.29. The van der Waals surface area contributed by atoms with Crippen LogP contribution in [0.5, 0.6) is 0 Å². The third-order valence-corrected chi connectivity index (χ3v) is 5.66. The Balaban J connectivity index is 1.86. The molecule has 0 spiro atoms. The van der Waals surface area contributed by atoms with Crippen LogP contribution in [-0.2, 0) is 21.8 Å². The Hall–Kier alpha value is -2.30. The first-order valence-electron chi connectivity index (χ1n) is 7.55. The number of anilines is 1. The third-order valence-electron chi connectivity index (χ3n) is 3.74. The first kappa shape index (κ1) is 17.5. The van der Waals surface area contributed by atoms with Crippen LogP contribution in [0.15, 0.2) is 35.5 Å². The molecular weight excluding hydrogens is 351 g/mol. The van der Waals surface area contributed by atoms with Crippen molar-refractivity contribution in [3.8, 4) is 0 Å². The molecule has 1 aliphatic heterocycles. The van der Waals surface area contributed by atoms with Crippen LogP contribution < -0.4 is 5.32 Å². The number of morpholine rings is 1. The van der Waals surface area contributed by atoms with Gasteiger partial charge in [0.15, 0.2) is 0 Å². The first-order valence-corrected chi connectivity index (χ1v) is 8.99. The number of carbonyl (C=O) groups excluding carboxylic acids is 1. The van der Waals surface area contributed by atoms with Gasteiger partial charge in [-0.15, -0.1) is 0 Å². The number of nitrogens with zero attached hydrogens (tertiary/aromatic N) is 3. The quantitative estimate of drug-likeness (QED) is 0.863. The summed E-state index contributed by atoms with van der Waals surface area (Å²) < 4.78 is 47.1. The summed E-state index contributed by atoms with van der Waals surface area (Å²) in [5, 5.41) is 6.44. The van der Waals surface area contributed by atoms with Crippen molar-refractivity contribution in [2.75, 3.05) is 31.6 Å². The monoisotopic (exact) mass is 368 g/mol. The Morgan fingerprint density at radius 1 is 1.32 bits per heavy atom. The van der Waals surface area contributed by atoms with E-state index in [1.54, 1.807) is 7.05 Å². The van der Waals surface area contributed by atoms with Crippen LogP contribution in [0.2, 0.25) is 0 Å². The maximum Gasteiger partial charge on any atom is 0.258 e. The van der Waals surface area contributed by atoms with Gasteiger partial charge in [-0.1, -0.05) is 0 Å². The van der Waals surface area contributed by atoms with Crippen molar-refractivity contribution in [2.45, 2.75) is 4.90 Å². The summed E-state index contributed by atoms with van der Waals surface area (Å²) in [6.07, 6.45) is 2.90. The van der Waals surface area contributed by atoms with E-state index in [4.69, 9.17) is 4.74 Å². The first-order chi connectivity index (χ1) is 11.9. The molecule has 1 N–H and O–H groups in total. The van der Waals surface area contributed by atoms with Crippen LogP contribution in [0.3, 0.4) is 0 Å². The van der Waals surface area contributed by atoms with E-state index in [0.29, 0.717) is 5.56 Å². The second-order valence-corrected chi connectivity index (χ2v) is 7.42. The lowest BCUT2D eigenvalue weighted by Crippen LogP contribution is -2.40. The Labute approximate surface area is 144 Å². The Kier molecular flexibility index (Phi) is 4.84. The summed E-state index contributed by atoms with van der Waals surface area (Å²) in [6, 6.07) is 3.45. The Morgan fingerprint density at radius 3 is 2.68 bits per heavy atom. The molecule has 1 aliphatic rings. The number of rotatable bonds is 4. The number of hydrogen-bond acceptors (Lipinski definition) is 5. The number of nitrogens with one attached hydrogen (secondary N) is 1. The molecule has 2 aromatic rings. The lowest BCUT2D eigenvalue weighted by atomic mass is 10.3. The van der Waals surface area contributed by atoms with Gasteiger partial charge in [0, 0.05) is 32.0 Å². The van der Waals surface area contributed by atoms with E-state index >= 15 is 0 Å². The SMILES string of the molecule is Cn1cc(C(=O)Nc2ccc(F)c(S(=O)(=O)N3CCOCC3)c2)cn1. The maximum atomic E-state index is 14.1. The van der Waals surface area contributed by atoms with Gasteiger partial charge in [-0.05, 0) is 18.2 Å². The number of hydrogen-bond donors (Lipinski definition) is 1. The van der Waals surface area contributed by atoms with E-state index < -0.39 is 26.6 Å². The van der Waals surface area contributed by atoms with Crippen LogP contribution in [0.25, 0.3) is 0 Å².